The Balaban J connectivity index is 1.59. The predicted molar refractivity (Wildman–Crippen MR) is 133 cm³/mol. The third kappa shape index (κ3) is 7.90. The number of alkyl carbamates (subject to hydrolysis) is 1. The summed E-state index contributed by atoms with van der Waals surface area (Å²) in [6.07, 6.45) is 5.21. The molecule has 1 saturated carbocycles. The highest BCUT2D eigenvalue weighted by atomic mass is 35.5. The van der Waals surface area contributed by atoms with Crippen molar-refractivity contribution in [3.05, 3.63) is 41.1 Å². The molecule has 1 aliphatic carbocycles. The summed E-state index contributed by atoms with van der Waals surface area (Å²) in [5, 5.41) is 2.49. The van der Waals surface area contributed by atoms with E-state index in [9.17, 15) is 22.4 Å². The van der Waals surface area contributed by atoms with Crippen LogP contribution in [0, 0.1) is 11.7 Å². The second-order valence-electron chi connectivity index (χ2n) is 9.96. The molecule has 1 heterocycles. The van der Waals surface area contributed by atoms with Gasteiger partial charge in [0.2, 0.25) is 10.0 Å². The summed E-state index contributed by atoms with van der Waals surface area (Å²) in [4.78, 5) is 30.8. The molecule has 3 rings (SSSR count). The Morgan fingerprint density at radius 3 is 2.64 bits per heavy atom. The predicted octanol–water partition coefficient (Wildman–Crippen LogP) is 3.53. The number of aryl methyl sites for hydroxylation is 1. The average Bonchev–Trinajstić information content (AvgIpc) is 3.19. The van der Waals surface area contributed by atoms with Gasteiger partial charge in [-0.25, -0.2) is 22.6 Å². The van der Waals surface area contributed by atoms with E-state index in [0.717, 1.165) is 6.42 Å². The van der Waals surface area contributed by atoms with Crippen LogP contribution in [0.15, 0.2) is 24.7 Å². The minimum atomic E-state index is -3.94. The largest absolute Gasteiger partial charge is 0.444 e. The zero-order valence-corrected chi connectivity index (χ0v) is 22.2. The number of aromatic nitrogens is 2. The summed E-state index contributed by atoms with van der Waals surface area (Å²) in [5.74, 6) is -2.48. The van der Waals surface area contributed by atoms with Crippen LogP contribution in [-0.4, -0.2) is 47.4 Å². The van der Waals surface area contributed by atoms with Crippen LogP contribution in [0.25, 0.3) is 11.3 Å². The summed E-state index contributed by atoms with van der Waals surface area (Å²) in [6.45, 7) is 5.28. The quantitative estimate of drug-likeness (QED) is 0.458. The molecule has 0 radical (unpaired) electrons. The number of nitrogens with one attached hydrogen (secondary N) is 3. The minimum Gasteiger partial charge on any atom is -0.444 e. The lowest BCUT2D eigenvalue weighted by Gasteiger charge is -2.30. The zero-order chi connectivity index (χ0) is 26.7. The minimum absolute atomic E-state index is 0.214. The van der Waals surface area contributed by atoms with Gasteiger partial charge in [-0.15, -0.1) is 4.83 Å². The van der Waals surface area contributed by atoms with Crippen molar-refractivity contribution in [2.24, 2.45) is 13.0 Å². The lowest BCUT2D eigenvalue weighted by molar-refractivity contribution is 0.0486. The highest BCUT2D eigenvalue weighted by molar-refractivity contribution is 7.89. The molecule has 1 fully saturated rings. The number of imidazole rings is 1. The molecule has 1 aromatic heterocycles. The molecular weight excluding hydrogens is 513 g/mol. The standard InChI is InChI=1S/C23H31ClFN5O5S/c1-23(2,3)35-22(32)27-16-7-5-6-14(8-16)12-36(33,34)29-28-21(31)17-9-15(10-18(24)20(17)25)19-11-30(4)13-26-19/h9-11,13-14,16,29H,5-8,12H2,1-4H3,(H,27,32)(H,28,31). The summed E-state index contributed by atoms with van der Waals surface area (Å²) >= 11 is 5.96. The van der Waals surface area contributed by atoms with Crippen molar-refractivity contribution in [1.29, 1.82) is 0 Å². The molecule has 0 bridgehead atoms. The molecule has 2 aromatic rings. The fourth-order valence-corrected chi connectivity index (χ4v) is 5.53. The maximum Gasteiger partial charge on any atom is 0.407 e. The van der Waals surface area contributed by atoms with Crippen molar-refractivity contribution in [1.82, 2.24) is 25.1 Å². The SMILES string of the molecule is Cn1cnc(-c2cc(Cl)c(F)c(C(=O)NNS(=O)(=O)CC3CCCC(NC(=O)OC(C)(C)C)C3)c2)c1. The molecule has 2 unspecified atom stereocenters. The van der Waals surface area contributed by atoms with E-state index in [1.54, 1.807) is 44.9 Å². The third-order valence-electron chi connectivity index (χ3n) is 5.55. The zero-order valence-electron chi connectivity index (χ0n) is 20.6. The number of ether oxygens (including phenoxy) is 1. The van der Waals surface area contributed by atoms with Crippen LogP contribution in [0.3, 0.4) is 0 Å². The Labute approximate surface area is 215 Å². The van der Waals surface area contributed by atoms with Gasteiger partial charge >= 0.3 is 6.09 Å². The Morgan fingerprint density at radius 2 is 2.00 bits per heavy atom. The molecule has 10 nitrogen and oxygen atoms in total. The third-order valence-corrected chi connectivity index (χ3v) is 7.15. The van der Waals surface area contributed by atoms with Crippen molar-refractivity contribution in [3.63, 3.8) is 0 Å². The van der Waals surface area contributed by atoms with Crippen molar-refractivity contribution in [2.45, 2.75) is 58.1 Å². The lowest BCUT2D eigenvalue weighted by Crippen LogP contribution is -2.46. The highest BCUT2D eigenvalue weighted by Crippen LogP contribution is 2.28. The smallest absolute Gasteiger partial charge is 0.407 e. The van der Waals surface area contributed by atoms with Gasteiger partial charge in [0.1, 0.15) is 5.60 Å². The Bertz CT molecular complexity index is 1230. The molecule has 2 amide bonds. The van der Waals surface area contributed by atoms with E-state index >= 15 is 0 Å². The number of nitrogens with zero attached hydrogens (tertiary/aromatic N) is 2. The maximum absolute atomic E-state index is 14.6. The molecule has 198 valence electrons. The molecule has 3 N–H and O–H groups in total. The number of carbonyl (C=O) groups is 2. The molecular formula is C23H31ClFN5O5S. The number of sulfonamides is 1. The van der Waals surface area contributed by atoms with E-state index in [0.29, 0.717) is 30.5 Å². The van der Waals surface area contributed by atoms with E-state index in [-0.39, 0.29) is 22.7 Å². The topological polar surface area (TPSA) is 131 Å². The number of rotatable bonds is 7. The van der Waals surface area contributed by atoms with Crippen LogP contribution >= 0.6 is 11.6 Å². The first kappa shape index (κ1) is 27.9. The lowest BCUT2D eigenvalue weighted by atomic mass is 9.87. The van der Waals surface area contributed by atoms with E-state index in [1.807, 2.05) is 4.83 Å². The van der Waals surface area contributed by atoms with Crippen LogP contribution in [0.5, 0.6) is 0 Å². The number of hydrogen-bond acceptors (Lipinski definition) is 6. The van der Waals surface area contributed by atoms with Crippen molar-refractivity contribution in [3.8, 4) is 11.3 Å². The average molecular weight is 544 g/mol. The second-order valence-corrected chi connectivity index (χ2v) is 12.1. The molecule has 2 atom stereocenters. The number of hydrazine groups is 1. The summed E-state index contributed by atoms with van der Waals surface area (Å²) in [7, 11) is -2.19. The number of hydrogen-bond donors (Lipinski definition) is 3. The number of benzene rings is 1. The van der Waals surface area contributed by atoms with E-state index in [2.05, 4.69) is 15.7 Å². The van der Waals surface area contributed by atoms with E-state index in [1.165, 1.54) is 12.1 Å². The Kier molecular flexibility index (Phi) is 8.63. The Hall–Kier alpha value is -2.70. The molecule has 0 aliphatic heterocycles. The summed E-state index contributed by atoms with van der Waals surface area (Å²) in [6, 6.07) is 2.38. The van der Waals surface area contributed by atoms with Crippen LogP contribution in [-0.2, 0) is 21.8 Å². The first-order valence-corrected chi connectivity index (χ1v) is 13.5. The molecule has 13 heteroatoms. The molecule has 36 heavy (non-hydrogen) atoms. The number of amides is 2. The normalized spacial score (nSPS) is 18.5. The van der Waals surface area contributed by atoms with Gasteiger partial charge in [0, 0.05) is 24.8 Å². The summed E-state index contributed by atoms with van der Waals surface area (Å²) < 4.78 is 46.7. The molecule has 0 spiro atoms. The summed E-state index contributed by atoms with van der Waals surface area (Å²) in [5.41, 5.74) is 1.88. The van der Waals surface area contributed by atoms with E-state index in [4.69, 9.17) is 16.3 Å². The van der Waals surface area contributed by atoms with Crippen LogP contribution in [0.2, 0.25) is 5.02 Å². The number of halogens is 2. The van der Waals surface area contributed by atoms with E-state index < -0.39 is 39.0 Å². The van der Waals surface area contributed by atoms with Gasteiger partial charge in [-0.05, 0) is 58.1 Å². The van der Waals surface area contributed by atoms with Crippen LogP contribution in [0.4, 0.5) is 9.18 Å². The van der Waals surface area contributed by atoms with Gasteiger partial charge in [0.25, 0.3) is 5.91 Å². The van der Waals surface area contributed by atoms with Gasteiger partial charge in [-0.1, -0.05) is 18.0 Å². The van der Waals surface area contributed by atoms with Crippen molar-refractivity contribution < 1.29 is 27.1 Å². The maximum atomic E-state index is 14.6. The van der Waals surface area contributed by atoms with Gasteiger partial charge in [-0.3, -0.25) is 10.2 Å². The van der Waals surface area contributed by atoms with Gasteiger partial charge in [0.05, 0.1) is 28.4 Å². The molecule has 1 aliphatic rings. The fraction of sp³-hybridized carbons (Fsp3) is 0.522. The van der Waals surface area contributed by atoms with Gasteiger partial charge < -0.3 is 14.6 Å². The monoisotopic (exact) mass is 543 g/mol. The highest BCUT2D eigenvalue weighted by Gasteiger charge is 2.29. The van der Waals surface area contributed by atoms with Gasteiger partial charge in [0.15, 0.2) is 5.82 Å². The van der Waals surface area contributed by atoms with Crippen molar-refractivity contribution in [2.75, 3.05) is 5.75 Å². The fourth-order valence-electron chi connectivity index (χ4n) is 4.06. The molecule has 0 saturated heterocycles. The molecule has 1 aromatic carbocycles. The van der Waals surface area contributed by atoms with Crippen LogP contribution < -0.4 is 15.6 Å². The number of carbonyl (C=O) groups excluding carboxylic acids is 2. The van der Waals surface area contributed by atoms with Crippen LogP contribution in [0.1, 0.15) is 56.8 Å². The van der Waals surface area contributed by atoms with Gasteiger partial charge in [-0.2, -0.15) is 0 Å². The Morgan fingerprint density at radius 1 is 1.28 bits per heavy atom. The first-order chi connectivity index (χ1) is 16.7. The van der Waals surface area contributed by atoms with Crippen molar-refractivity contribution >= 4 is 33.6 Å². The first-order valence-electron chi connectivity index (χ1n) is 11.5. The second kappa shape index (κ2) is 11.1.